The molecule has 0 saturated heterocycles. The van der Waals surface area contributed by atoms with Crippen LogP contribution in [0.2, 0.25) is 0 Å². The highest BCUT2D eigenvalue weighted by atomic mass is 16.5. The van der Waals surface area contributed by atoms with Crippen molar-refractivity contribution in [3.8, 4) is 5.75 Å². The molecule has 0 bridgehead atoms. The van der Waals surface area contributed by atoms with Gasteiger partial charge in [-0.15, -0.1) is 0 Å². The van der Waals surface area contributed by atoms with Gasteiger partial charge in [-0.3, -0.25) is 4.79 Å². The zero-order chi connectivity index (χ0) is 16.9. The van der Waals surface area contributed by atoms with E-state index in [1.165, 1.54) is 24.0 Å². The number of para-hydroxylation sites is 2. The fraction of sp³-hybridized carbons (Fsp3) is 0.381. The molecule has 24 heavy (non-hydrogen) atoms. The smallest absolute Gasteiger partial charge is 0.255 e. The lowest BCUT2D eigenvalue weighted by atomic mass is 9.90. The molecule has 1 aliphatic carbocycles. The lowest BCUT2D eigenvalue weighted by molar-refractivity contribution is 0.102. The van der Waals surface area contributed by atoms with Gasteiger partial charge < -0.3 is 10.1 Å². The number of benzene rings is 2. The Bertz CT molecular complexity index is 722. The minimum Gasteiger partial charge on any atom is -0.491 e. The van der Waals surface area contributed by atoms with Gasteiger partial charge in [0.2, 0.25) is 0 Å². The summed E-state index contributed by atoms with van der Waals surface area (Å²) in [5, 5.41) is 2.99. The molecule has 0 unspecified atom stereocenters. The van der Waals surface area contributed by atoms with Crippen molar-refractivity contribution >= 4 is 11.6 Å². The standard InChI is InChI=1S/C21H25NO2/c1-15(2)14-24-20-10-6-5-9-19(20)22-21(23)18-12-11-16-7-3-4-8-17(16)13-18/h5-6,9-13,15H,3-4,7-8,14H2,1-2H3,(H,22,23). The molecule has 0 aliphatic heterocycles. The van der Waals surface area contributed by atoms with E-state index in [1.54, 1.807) is 0 Å². The van der Waals surface area contributed by atoms with Crippen LogP contribution in [0.3, 0.4) is 0 Å². The first-order valence-corrected chi connectivity index (χ1v) is 8.78. The van der Waals surface area contributed by atoms with Crippen LogP contribution in [0, 0.1) is 5.92 Å². The minimum atomic E-state index is -0.0797. The average molecular weight is 323 g/mol. The number of fused-ring (bicyclic) bond motifs is 1. The third-order valence-corrected chi connectivity index (χ3v) is 4.32. The Kier molecular flexibility index (Phi) is 5.19. The van der Waals surface area contributed by atoms with Crippen LogP contribution in [-0.2, 0) is 12.8 Å². The number of anilines is 1. The lowest BCUT2D eigenvalue weighted by Crippen LogP contribution is -2.15. The fourth-order valence-corrected chi connectivity index (χ4v) is 3.02. The molecule has 0 aromatic heterocycles. The number of rotatable bonds is 5. The van der Waals surface area contributed by atoms with E-state index in [0.717, 1.165) is 24.3 Å². The summed E-state index contributed by atoms with van der Waals surface area (Å²) in [7, 11) is 0. The SMILES string of the molecule is CC(C)COc1ccccc1NC(=O)c1ccc2c(c1)CCCC2. The topological polar surface area (TPSA) is 38.3 Å². The van der Waals surface area contributed by atoms with Crippen LogP contribution in [0.15, 0.2) is 42.5 Å². The molecular weight excluding hydrogens is 298 g/mol. The third-order valence-electron chi connectivity index (χ3n) is 4.32. The van der Waals surface area contributed by atoms with Crippen molar-refractivity contribution < 1.29 is 9.53 Å². The van der Waals surface area contributed by atoms with Crippen molar-refractivity contribution in [1.29, 1.82) is 0 Å². The van der Waals surface area contributed by atoms with Gasteiger partial charge in [-0.1, -0.05) is 32.0 Å². The molecule has 0 fully saturated rings. The molecule has 1 N–H and O–H groups in total. The number of aryl methyl sites for hydroxylation is 2. The van der Waals surface area contributed by atoms with E-state index in [1.807, 2.05) is 36.4 Å². The van der Waals surface area contributed by atoms with Gasteiger partial charge in [0.25, 0.3) is 5.91 Å². The molecule has 126 valence electrons. The van der Waals surface area contributed by atoms with Crippen LogP contribution >= 0.6 is 0 Å². The third kappa shape index (κ3) is 3.97. The van der Waals surface area contributed by atoms with Crippen LogP contribution in [0.1, 0.15) is 48.2 Å². The molecule has 1 amide bonds. The van der Waals surface area contributed by atoms with Gasteiger partial charge in [0, 0.05) is 5.56 Å². The van der Waals surface area contributed by atoms with E-state index in [9.17, 15) is 4.79 Å². The summed E-state index contributed by atoms with van der Waals surface area (Å²) in [5.41, 5.74) is 4.15. The molecule has 0 atom stereocenters. The Morgan fingerprint density at radius 1 is 1.08 bits per heavy atom. The summed E-state index contributed by atoms with van der Waals surface area (Å²) in [4.78, 5) is 12.6. The summed E-state index contributed by atoms with van der Waals surface area (Å²) >= 11 is 0. The summed E-state index contributed by atoms with van der Waals surface area (Å²) in [6.07, 6.45) is 4.66. The highest BCUT2D eigenvalue weighted by molar-refractivity contribution is 6.05. The van der Waals surface area contributed by atoms with E-state index < -0.39 is 0 Å². The molecule has 0 saturated carbocycles. The van der Waals surface area contributed by atoms with Gasteiger partial charge in [-0.2, -0.15) is 0 Å². The highest BCUT2D eigenvalue weighted by Crippen LogP contribution is 2.26. The lowest BCUT2D eigenvalue weighted by Gasteiger charge is -2.17. The summed E-state index contributed by atoms with van der Waals surface area (Å²) < 4.78 is 5.81. The number of ether oxygens (including phenoxy) is 1. The minimum absolute atomic E-state index is 0.0797. The van der Waals surface area contributed by atoms with Crippen molar-refractivity contribution in [3.63, 3.8) is 0 Å². The number of nitrogens with one attached hydrogen (secondary N) is 1. The molecular formula is C21H25NO2. The molecule has 3 nitrogen and oxygen atoms in total. The van der Waals surface area contributed by atoms with Crippen molar-refractivity contribution in [2.45, 2.75) is 39.5 Å². The zero-order valence-corrected chi connectivity index (χ0v) is 14.5. The van der Waals surface area contributed by atoms with Crippen molar-refractivity contribution in [3.05, 3.63) is 59.2 Å². The Morgan fingerprint density at radius 2 is 1.83 bits per heavy atom. The molecule has 0 heterocycles. The van der Waals surface area contributed by atoms with Crippen LogP contribution in [0.25, 0.3) is 0 Å². The van der Waals surface area contributed by atoms with E-state index in [0.29, 0.717) is 18.1 Å². The molecule has 3 rings (SSSR count). The monoisotopic (exact) mass is 323 g/mol. The van der Waals surface area contributed by atoms with Gasteiger partial charge in [0.1, 0.15) is 5.75 Å². The second kappa shape index (κ2) is 7.52. The van der Waals surface area contributed by atoms with Gasteiger partial charge >= 0.3 is 0 Å². The second-order valence-corrected chi connectivity index (χ2v) is 6.85. The van der Waals surface area contributed by atoms with Gasteiger partial charge in [0.05, 0.1) is 12.3 Å². The van der Waals surface area contributed by atoms with Crippen molar-refractivity contribution in [2.75, 3.05) is 11.9 Å². The molecule has 3 heteroatoms. The van der Waals surface area contributed by atoms with Crippen LogP contribution in [-0.4, -0.2) is 12.5 Å². The van der Waals surface area contributed by atoms with Crippen LogP contribution in [0.4, 0.5) is 5.69 Å². The highest BCUT2D eigenvalue weighted by Gasteiger charge is 2.14. The molecule has 2 aromatic rings. The Hall–Kier alpha value is -2.29. The number of carbonyl (C=O) groups excluding carboxylic acids is 1. The van der Waals surface area contributed by atoms with Crippen LogP contribution < -0.4 is 10.1 Å². The van der Waals surface area contributed by atoms with Gasteiger partial charge in [-0.05, 0) is 67.0 Å². The maximum Gasteiger partial charge on any atom is 0.255 e. The van der Waals surface area contributed by atoms with Gasteiger partial charge in [0.15, 0.2) is 0 Å². The molecule has 2 aromatic carbocycles. The largest absolute Gasteiger partial charge is 0.491 e. The van der Waals surface area contributed by atoms with Crippen molar-refractivity contribution in [2.24, 2.45) is 5.92 Å². The van der Waals surface area contributed by atoms with E-state index in [4.69, 9.17) is 4.74 Å². The quantitative estimate of drug-likeness (QED) is 0.854. The number of carbonyl (C=O) groups is 1. The summed E-state index contributed by atoms with van der Waals surface area (Å²) in [5.74, 6) is 1.08. The maximum atomic E-state index is 12.6. The number of amides is 1. The first kappa shape index (κ1) is 16.6. The van der Waals surface area contributed by atoms with E-state index in [2.05, 4.69) is 25.2 Å². The summed E-state index contributed by atoms with van der Waals surface area (Å²) in [6, 6.07) is 13.7. The first-order valence-electron chi connectivity index (χ1n) is 8.78. The number of hydrogen-bond donors (Lipinski definition) is 1. The fourth-order valence-electron chi connectivity index (χ4n) is 3.02. The number of hydrogen-bond acceptors (Lipinski definition) is 2. The Labute approximate surface area is 144 Å². The second-order valence-electron chi connectivity index (χ2n) is 6.85. The van der Waals surface area contributed by atoms with Crippen LogP contribution in [0.5, 0.6) is 5.75 Å². The average Bonchev–Trinajstić information content (AvgIpc) is 2.60. The normalized spacial score (nSPS) is 13.5. The Morgan fingerprint density at radius 3 is 2.62 bits per heavy atom. The Balaban J connectivity index is 1.75. The van der Waals surface area contributed by atoms with E-state index >= 15 is 0 Å². The first-order chi connectivity index (χ1) is 11.6. The molecule has 1 aliphatic rings. The van der Waals surface area contributed by atoms with Crippen molar-refractivity contribution in [1.82, 2.24) is 0 Å². The summed E-state index contributed by atoms with van der Waals surface area (Å²) in [6.45, 7) is 4.84. The molecule has 0 spiro atoms. The predicted octanol–water partition coefficient (Wildman–Crippen LogP) is 4.85. The zero-order valence-electron chi connectivity index (χ0n) is 14.5. The van der Waals surface area contributed by atoms with E-state index in [-0.39, 0.29) is 5.91 Å². The molecule has 0 radical (unpaired) electrons. The predicted molar refractivity (Wildman–Crippen MR) is 97.8 cm³/mol. The van der Waals surface area contributed by atoms with Gasteiger partial charge in [-0.25, -0.2) is 0 Å². The maximum absolute atomic E-state index is 12.6.